The minimum Gasteiger partial charge on any atom is -0.207 e. The van der Waals surface area contributed by atoms with Crippen molar-refractivity contribution >= 4 is 23.2 Å². The summed E-state index contributed by atoms with van der Waals surface area (Å²) in [6.45, 7) is 0. The molecule has 4 aromatic rings. The average Bonchev–Trinajstić information content (AvgIpc) is 2.75. The lowest BCUT2D eigenvalue weighted by Gasteiger charge is -2.28. The molecule has 3 heteroatoms. The van der Waals surface area contributed by atoms with Crippen LogP contribution in [0.4, 0.5) is 8.78 Å². The van der Waals surface area contributed by atoms with Gasteiger partial charge in [-0.1, -0.05) is 54.6 Å². The van der Waals surface area contributed by atoms with Crippen molar-refractivity contribution in [2.75, 3.05) is 0 Å². The Balaban J connectivity index is 2.01. The maximum absolute atomic E-state index is 14.7. The molecule has 0 unspecified atom stereocenters. The highest BCUT2D eigenvalue weighted by Crippen LogP contribution is 2.58. The summed E-state index contributed by atoms with van der Waals surface area (Å²) in [5.74, 6) is -1.04. The Morgan fingerprint density at radius 3 is 1.36 bits per heavy atom. The van der Waals surface area contributed by atoms with Crippen LogP contribution in [-0.4, -0.2) is 0 Å². The van der Waals surface area contributed by atoms with Crippen molar-refractivity contribution in [3.8, 4) is 0 Å². The van der Waals surface area contributed by atoms with Gasteiger partial charge in [0.2, 0.25) is 0 Å². The maximum atomic E-state index is 14.7. The van der Waals surface area contributed by atoms with Gasteiger partial charge in [-0.2, -0.15) is 0 Å². The van der Waals surface area contributed by atoms with Gasteiger partial charge >= 0.3 is 0 Å². The van der Waals surface area contributed by atoms with E-state index in [9.17, 15) is 8.78 Å². The fourth-order valence-electron chi connectivity index (χ4n) is 3.67. The number of benzene rings is 4. The summed E-state index contributed by atoms with van der Waals surface area (Å²) in [6.07, 6.45) is 0.497. The Bertz CT molecular complexity index is 951. The van der Waals surface area contributed by atoms with Crippen molar-refractivity contribution in [1.29, 1.82) is 0 Å². The minimum atomic E-state index is -2.18. The lowest BCUT2D eigenvalue weighted by molar-refractivity contribution is 0.576. The summed E-state index contributed by atoms with van der Waals surface area (Å²) < 4.78 is 28.2. The fraction of sp³-hybridized carbons (Fsp3) is 0.0400. The molecule has 4 rings (SSSR count). The Morgan fingerprint density at radius 1 is 0.536 bits per heavy atom. The number of halogens is 2. The molecular weight excluding hydrogens is 369 g/mol. The first-order valence-corrected chi connectivity index (χ1v) is 11.2. The monoisotopic (exact) mass is 389 g/mol. The molecule has 4 aromatic carbocycles. The van der Waals surface area contributed by atoms with Gasteiger partial charge in [-0.25, -0.2) is 8.78 Å². The molecular formula is C25H20F2P+. The zero-order valence-corrected chi connectivity index (χ0v) is 16.2. The van der Waals surface area contributed by atoms with Gasteiger partial charge in [0.15, 0.2) is 0 Å². The van der Waals surface area contributed by atoms with E-state index in [0.717, 1.165) is 6.07 Å². The van der Waals surface area contributed by atoms with Gasteiger partial charge in [0.25, 0.3) is 0 Å². The first kappa shape index (κ1) is 18.5. The summed E-state index contributed by atoms with van der Waals surface area (Å²) >= 11 is 0. The van der Waals surface area contributed by atoms with Crippen LogP contribution in [0.15, 0.2) is 109 Å². The highest BCUT2D eigenvalue weighted by molar-refractivity contribution is 7.95. The van der Waals surface area contributed by atoms with Crippen LogP contribution >= 0.6 is 7.26 Å². The summed E-state index contributed by atoms with van der Waals surface area (Å²) in [5.41, 5.74) is 0.534. The molecule has 0 spiro atoms. The van der Waals surface area contributed by atoms with Crippen molar-refractivity contribution in [2.45, 2.75) is 6.16 Å². The predicted molar refractivity (Wildman–Crippen MR) is 115 cm³/mol. The maximum Gasteiger partial charge on any atom is 0.132 e. The van der Waals surface area contributed by atoms with E-state index in [1.54, 1.807) is 6.07 Å². The van der Waals surface area contributed by atoms with Crippen LogP contribution in [0.2, 0.25) is 0 Å². The van der Waals surface area contributed by atoms with E-state index < -0.39 is 18.9 Å². The van der Waals surface area contributed by atoms with Crippen molar-refractivity contribution < 1.29 is 8.78 Å². The molecule has 0 fully saturated rings. The van der Waals surface area contributed by atoms with Gasteiger partial charge < -0.3 is 0 Å². The lowest BCUT2D eigenvalue weighted by Crippen LogP contribution is -2.32. The van der Waals surface area contributed by atoms with Crippen LogP contribution in [0, 0.1) is 11.6 Å². The number of hydrogen-bond donors (Lipinski definition) is 0. The third-order valence-electron chi connectivity index (χ3n) is 5.01. The van der Waals surface area contributed by atoms with Crippen LogP contribution in [0.1, 0.15) is 5.56 Å². The third-order valence-corrected chi connectivity index (χ3v) is 9.37. The Kier molecular flexibility index (Phi) is 5.32. The van der Waals surface area contributed by atoms with Gasteiger partial charge in [0, 0.05) is 11.6 Å². The van der Waals surface area contributed by atoms with E-state index >= 15 is 0 Å². The molecule has 0 amide bonds. The van der Waals surface area contributed by atoms with Crippen LogP contribution in [0.3, 0.4) is 0 Å². The average molecular weight is 389 g/mol. The van der Waals surface area contributed by atoms with Gasteiger partial charge in [-0.3, -0.25) is 0 Å². The van der Waals surface area contributed by atoms with Crippen molar-refractivity contribution in [3.05, 3.63) is 126 Å². The summed E-state index contributed by atoms with van der Waals surface area (Å²) in [5, 5.41) is 3.53. The van der Waals surface area contributed by atoms with Gasteiger partial charge in [0.05, 0.1) is 0 Å². The SMILES string of the molecule is Fc1ccc(C[P+](c2ccccc2)(c2ccccc2)c2ccccc2)c(F)c1. The van der Waals surface area contributed by atoms with Crippen LogP contribution < -0.4 is 15.9 Å². The molecule has 0 atom stereocenters. The molecule has 0 bridgehead atoms. The highest BCUT2D eigenvalue weighted by Gasteiger charge is 2.45. The van der Waals surface area contributed by atoms with E-state index in [0.29, 0.717) is 11.7 Å². The van der Waals surface area contributed by atoms with E-state index in [1.807, 2.05) is 54.6 Å². The molecule has 0 saturated heterocycles. The Morgan fingerprint density at radius 2 is 0.964 bits per heavy atom. The minimum absolute atomic E-state index is 0.493. The van der Waals surface area contributed by atoms with Crippen molar-refractivity contribution in [1.82, 2.24) is 0 Å². The molecule has 0 aliphatic carbocycles. The largest absolute Gasteiger partial charge is 0.207 e. The molecule has 0 aliphatic heterocycles. The Hall–Kier alpha value is -2.83. The normalized spacial score (nSPS) is 11.4. The van der Waals surface area contributed by atoms with Gasteiger partial charge in [-0.15, -0.1) is 0 Å². The van der Waals surface area contributed by atoms with E-state index in [4.69, 9.17) is 0 Å². The van der Waals surface area contributed by atoms with Crippen molar-refractivity contribution in [2.24, 2.45) is 0 Å². The second-order valence-corrected chi connectivity index (χ2v) is 10.2. The first-order valence-electron chi connectivity index (χ1n) is 9.19. The zero-order chi connectivity index (χ0) is 19.4. The zero-order valence-electron chi connectivity index (χ0n) is 15.3. The number of hydrogen-bond acceptors (Lipinski definition) is 0. The molecule has 0 radical (unpaired) electrons. The molecule has 0 N–H and O–H groups in total. The van der Waals surface area contributed by atoms with Gasteiger partial charge in [-0.05, 0) is 48.5 Å². The topological polar surface area (TPSA) is 0 Å². The molecule has 138 valence electrons. The summed E-state index contributed by atoms with van der Waals surface area (Å²) in [7, 11) is -2.18. The van der Waals surface area contributed by atoms with Crippen LogP contribution in [-0.2, 0) is 6.16 Å². The lowest BCUT2D eigenvalue weighted by atomic mass is 10.2. The van der Waals surface area contributed by atoms with Crippen LogP contribution in [0.25, 0.3) is 0 Å². The molecule has 28 heavy (non-hydrogen) atoms. The summed E-state index contributed by atoms with van der Waals surface area (Å²) in [4.78, 5) is 0. The smallest absolute Gasteiger partial charge is 0.132 e. The third kappa shape index (κ3) is 3.48. The quantitative estimate of drug-likeness (QED) is 0.398. The first-order chi connectivity index (χ1) is 13.7. The number of rotatable bonds is 5. The standard InChI is InChI=1S/C25H20F2P/c26-21-17-16-20(25(27)18-21)19-28(22-10-4-1-5-11-22,23-12-6-2-7-13-23)24-14-8-3-9-15-24/h1-18H,19H2/q+1. The van der Waals surface area contributed by atoms with E-state index in [1.165, 1.54) is 22.0 Å². The molecule has 0 aliphatic rings. The summed E-state index contributed by atoms with van der Waals surface area (Å²) in [6, 6.07) is 34.7. The fourth-order valence-corrected chi connectivity index (χ4v) is 7.93. The Labute approximate surface area is 164 Å². The molecule has 0 saturated carbocycles. The molecule has 0 aromatic heterocycles. The molecule has 0 nitrogen and oxygen atoms in total. The van der Waals surface area contributed by atoms with E-state index in [-0.39, 0.29) is 0 Å². The second-order valence-electron chi connectivity index (χ2n) is 6.71. The van der Waals surface area contributed by atoms with E-state index in [2.05, 4.69) is 36.4 Å². The van der Waals surface area contributed by atoms with Gasteiger partial charge in [0.1, 0.15) is 41.0 Å². The predicted octanol–water partition coefficient (Wildman–Crippen LogP) is 5.46. The molecule has 0 heterocycles. The second kappa shape index (κ2) is 8.04. The van der Waals surface area contributed by atoms with Crippen molar-refractivity contribution in [3.63, 3.8) is 0 Å². The van der Waals surface area contributed by atoms with Crippen LogP contribution in [0.5, 0.6) is 0 Å². The highest BCUT2D eigenvalue weighted by atomic mass is 31.2.